The fourth-order valence-corrected chi connectivity index (χ4v) is 3.08. The lowest BCUT2D eigenvalue weighted by Gasteiger charge is -2.27. The van der Waals surface area contributed by atoms with Crippen LogP contribution in [0.3, 0.4) is 0 Å². The summed E-state index contributed by atoms with van der Waals surface area (Å²) < 4.78 is 1.97. The summed E-state index contributed by atoms with van der Waals surface area (Å²) in [5.74, 6) is 0.877. The number of aryl methyl sites for hydroxylation is 1. The molecule has 0 saturated heterocycles. The maximum atomic E-state index is 12.2. The van der Waals surface area contributed by atoms with Crippen molar-refractivity contribution in [1.82, 2.24) is 9.78 Å². The largest absolute Gasteiger partial charge is 0.311 e. The van der Waals surface area contributed by atoms with E-state index >= 15 is 0 Å². The molecule has 1 aliphatic rings. The number of hydrogen-bond donors (Lipinski definition) is 1. The molecule has 0 bridgehead atoms. The van der Waals surface area contributed by atoms with Crippen molar-refractivity contribution in [2.75, 3.05) is 5.32 Å². The Kier molecular flexibility index (Phi) is 4.27. The molecule has 2 aromatic rings. The molecular formula is C18H23N3O. The highest BCUT2D eigenvalue weighted by molar-refractivity contribution is 5.91. The number of carbonyl (C=O) groups excluding carboxylic acids is 1. The average molecular weight is 297 g/mol. The fourth-order valence-electron chi connectivity index (χ4n) is 3.08. The molecule has 4 nitrogen and oxygen atoms in total. The SMILES string of the molecule is CC[C@H](C)C(=O)Nc1ccnn1[C@@H]1CCCc2ccccc21. The molecule has 116 valence electrons. The van der Waals surface area contributed by atoms with Crippen LogP contribution < -0.4 is 5.32 Å². The highest BCUT2D eigenvalue weighted by atomic mass is 16.2. The molecule has 1 aromatic heterocycles. The maximum Gasteiger partial charge on any atom is 0.228 e. The van der Waals surface area contributed by atoms with Crippen molar-refractivity contribution in [2.45, 2.75) is 45.6 Å². The summed E-state index contributed by atoms with van der Waals surface area (Å²) in [7, 11) is 0. The second-order valence-corrected chi connectivity index (χ2v) is 6.07. The van der Waals surface area contributed by atoms with Gasteiger partial charge in [0.05, 0.1) is 12.2 Å². The van der Waals surface area contributed by atoms with Gasteiger partial charge in [0.2, 0.25) is 5.91 Å². The molecule has 1 heterocycles. The first-order valence-corrected chi connectivity index (χ1v) is 8.13. The molecule has 1 amide bonds. The Bertz CT molecular complexity index is 662. The summed E-state index contributed by atoms with van der Waals surface area (Å²) in [5, 5.41) is 7.51. The Morgan fingerprint density at radius 1 is 1.41 bits per heavy atom. The van der Waals surface area contributed by atoms with E-state index in [2.05, 4.69) is 34.7 Å². The zero-order valence-electron chi connectivity index (χ0n) is 13.2. The van der Waals surface area contributed by atoms with Gasteiger partial charge in [-0.2, -0.15) is 5.10 Å². The van der Waals surface area contributed by atoms with E-state index in [1.54, 1.807) is 6.20 Å². The van der Waals surface area contributed by atoms with Gasteiger partial charge in [-0.15, -0.1) is 0 Å². The van der Waals surface area contributed by atoms with Crippen LogP contribution in [0.15, 0.2) is 36.5 Å². The van der Waals surface area contributed by atoms with Crippen molar-refractivity contribution in [3.63, 3.8) is 0 Å². The molecule has 2 atom stereocenters. The van der Waals surface area contributed by atoms with Gasteiger partial charge in [0.25, 0.3) is 0 Å². The predicted molar refractivity (Wildman–Crippen MR) is 87.8 cm³/mol. The number of rotatable bonds is 4. The third kappa shape index (κ3) is 2.78. The van der Waals surface area contributed by atoms with Crippen molar-refractivity contribution >= 4 is 11.7 Å². The zero-order valence-corrected chi connectivity index (χ0v) is 13.2. The van der Waals surface area contributed by atoms with Crippen LogP contribution in [-0.4, -0.2) is 15.7 Å². The maximum absolute atomic E-state index is 12.2. The van der Waals surface area contributed by atoms with Gasteiger partial charge in [-0.05, 0) is 36.8 Å². The van der Waals surface area contributed by atoms with E-state index in [1.807, 2.05) is 24.6 Å². The number of hydrogen-bond acceptors (Lipinski definition) is 2. The summed E-state index contributed by atoms with van der Waals surface area (Å²) in [6.07, 6.45) is 5.95. The molecule has 0 unspecified atom stereocenters. The van der Waals surface area contributed by atoms with E-state index in [1.165, 1.54) is 11.1 Å². The molecule has 0 fully saturated rings. The molecule has 0 spiro atoms. The van der Waals surface area contributed by atoms with Crippen LogP contribution in [0.1, 0.15) is 50.3 Å². The van der Waals surface area contributed by atoms with Crippen molar-refractivity contribution in [1.29, 1.82) is 0 Å². The van der Waals surface area contributed by atoms with Crippen molar-refractivity contribution in [3.8, 4) is 0 Å². The van der Waals surface area contributed by atoms with Crippen LogP contribution in [0.2, 0.25) is 0 Å². The molecule has 1 aromatic carbocycles. The van der Waals surface area contributed by atoms with Crippen LogP contribution in [0.25, 0.3) is 0 Å². The molecule has 1 aliphatic carbocycles. The Hall–Kier alpha value is -2.10. The minimum absolute atomic E-state index is 0.0157. The number of nitrogens with zero attached hydrogens (tertiary/aromatic N) is 2. The first-order chi connectivity index (χ1) is 10.7. The summed E-state index contributed by atoms with van der Waals surface area (Å²) in [6, 6.07) is 10.7. The smallest absolute Gasteiger partial charge is 0.228 e. The third-order valence-corrected chi connectivity index (χ3v) is 4.61. The summed E-state index contributed by atoms with van der Waals surface area (Å²) in [6.45, 7) is 3.98. The number of aromatic nitrogens is 2. The standard InChI is InChI=1S/C18H23N3O/c1-3-13(2)18(22)20-17-11-12-19-21(17)16-10-6-8-14-7-4-5-9-15(14)16/h4-5,7,9,11-13,16H,3,6,8,10H2,1-2H3,(H,20,22)/t13-,16+/m0/s1. The van der Waals surface area contributed by atoms with Gasteiger partial charge in [-0.25, -0.2) is 4.68 Å². The second-order valence-electron chi connectivity index (χ2n) is 6.07. The van der Waals surface area contributed by atoms with Gasteiger partial charge in [0.1, 0.15) is 5.82 Å². The number of fused-ring (bicyclic) bond motifs is 1. The van der Waals surface area contributed by atoms with Crippen LogP contribution >= 0.6 is 0 Å². The quantitative estimate of drug-likeness (QED) is 0.933. The number of carbonyl (C=O) groups is 1. The van der Waals surface area contributed by atoms with E-state index in [4.69, 9.17) is 0 Å². The van der Waals surface area contributed by atoms with E-state index in [-0.39, 0.29) is 17.9 Å². The van der Waals surface area contributed by atoms with Crippen molar-refractivity contribution < 1.29 is 4.79 Å². The lowest BCUT2D eigenvalue weighted by atomic mass is 9.88. The highest BCUT2D eigenvalue weighted by Gasteiger charge is 2.24. The molecule has 1 N–H and O–H groups in total. The van der Waals surface area contributed by atoms with Gasteiger partial charge in [0, 0.05) is 12.0 Å². The normalized spacial score (nSPS) is 18.5. The lowest BCUT2D eigenvalue weighted by Crippen LogP contribution is -2.25. The van der Waals surface area contributed by atoms with E-state index in [0.29, 0.717) is 0 Å². The van der Waals surface area contributed by atoms with Gasteiger partial charge < -0.3 is 5.32 Å². The summed E-state index contributed by atoms with van der Waals surface area (Å²) in [5.41, 5.74) is 2.73. The number of amides is 1. The number of nitrogens with one attached hydrogen (secondary N) is 1. The Balaban J connectivity index is 1.88. The third-order valence-electron chi connectivity index (χ3n) is 4.61. The monoisotopic (exact) mass is 297 g/mol. The Morgan fingerprint density at radius 3 is 3.05 bits per heavy atom. The van der Waals surface area contributed by atoms with Crippen LogP contribution in [-0.2, 0) is 11.2 Å². The van der Waals surface area contributed by atoms with E-state index in [9.17, 15) is 4.79 Å². The molecule has 0 radical (unpaired) electrons. The molecule has 0 saturated carbocycles. The summed E-state index contributed by atoms with van der Waals surface area (Å²) in [4.78, 5) is 12.2. The van der Waals surface area contributed by atoms with Crippen molar-refractivity contribution in [2.24, 2.45) is 5.92 Å². The fraction of sp³-hybridized carbons (Fsp3) is 0.444. The molecule has 0 aliphatic heterocycles. The van der Waals surface area contributed by atoms with Gasteiger partial charge >= 0.3 is 0 Å². The van der Waals surface area contributed by atoms with Crippen LogP contribution in [0.5, 0.6) is 0 Å². The first kappa shape index (κ1) is 14.8. The number of anilines is 1. The Labute approximate surface area is 131 Å². The Morgan fingerprint density at radius 2 is 2.23 bits per heavy atom. The van der Waals surface area contributed by atoms with Gasteiger partial charge in [0.15, 0.2) is 0 Å². The topological polar surface area (TPSA) is 46.9 Å². The molecule has 4 heteroatoms. The second kappa shape index (κ2) is 6.34. The minimum atomic E-state index is 0.0157. The molecule has 22 heavy (non-hydrogen) atoms. The van der Waals surface area contributed by atoms with E-state index < -0.39 is 0 Å². The van der Waals surface area contributed by atoms with Crippen LogP contribution in [0.4, 0.5) is 5.82 Å². The van der Waals surface area contributed by atoms with Crippen molar-refractivity contribution in [3.05, 3.63) is 47.7 Å². The van der Waals surface area contributed by atoms with Gasteiger partial charge in [-0.3, -0.25) is 4.79 Å². The minimum Gasteiger partial charge on any atom is -0.311 e. The van der Waals surface area contributed by atoms with Gasteiger partial charge in [-0.1, -0.05) is 38.1 Å². The molecule has 3 rings (SSSR count). The highest BCUT2D eigenvalue weighted by Crippen LogP contribution is 2.34. The predicted octanol–water partition coefficient (Wildman–Crippen LogP) is 3.79. The first-order valence-electron chi connectivity index (χ1n) is 8.13. The zero-order chi connectivity index (χ0) is 15.5. The molecular weight excluding hydrogens is 274 g/mol. The lowest BCUT2D eigenvalue weighted by molar-refractivity contribution is -0.119. The average Bonchev–Trinajstić information content (AvgIpc) is 3.01. The van der Waals surface area contributed by atoms with Crippen LogP contribution in [0, 0.1) is 5.92 Å². The van der Waals surface area contributed by atoms with E-state index in [0.717, 1.165) is 31.5 Å². The number of benzene rings is 1. The summed E-state index contributed by atoms with van der Waals surface area (Å²) >= 11 is 0.